The highest BCUT2D eigenvalue weighted by Gasteiger charge is 2.29. The normalized spacial score (nSPS) is 11.2. The summed E-state index contributed by atoms with van der Waals surface area (Å²) in [5.41, 5.74) is 0.916. The topological polar surface area (TPSA) is 95.7 Å². The van der Waals surface area contributed by atoms with E-state index in [2.05, 4.69) is 15.3 Å². The van der Waals surface area contributed by atoms with E-state index in [4.69, 9.17) is 18.6 Å². The molecule has 11 heteroatoms. The van der Waals surface area contributed by atoms with E-state index in [1.165, 1.54) is 31.7 Å². The van der Waals surface area contributed by atoms with Crippen LogP contribution < -0.4 is 19.5 Å². The molecule has 1 aromatic carbocycles. The van der Waals surface area contributed by atoms with Crippen LogP contribution in [0.5, 0.6) is 17.2 Å². The molecule has 3 aromatic rings. The summed E-state index contributed by atoms with van der Waals surface area (Å²) in [6, 6.07) is 7.65. The Bertz CT molecular complexity index is 1070. The van der Waals surface area contributed by atoms with Crippen molar-refractivity contribution in [2.45, 2.75) is 19.6 Å². The van der Waals surface area contributed by atoms with Crippen molar-refractivity contribution in [2.24, 2.45) is 0 Å². The molecule has 0 atom stereocenters. The van der Waals surface area contributed by atoms with Gasteiger partial charge in [-0.15, -0.1) is 0 Å². The van der Waals surface area contributed by atoms with E-state index in [0.717, 1.165) is 0 Å². The molecule has 2 heterocycles. The number of ether oxygens (including phenoxy) is 3. The number of carbonyl (C=O) groups excluding carboxylic acids is 1. The average molecular weight is 451 g/mol. The number of hydrogen-bond acceptors (Lipinski definition) is 7. The Kier molecular flexibility index (Phi) is 7.18. The van der Waals surface area contributed by atoms with Crippen LogP contribution in [0.25, 0.3) is 11.5 Å². The Morgan fingerprint density at radius 2 is 1.97 bits per heavy atom. The number of nitrogens with one attached hydrogen (secondary N) is 1. The molecule has 0 aliphatic rings. The van der Waals surface area contributed by atoms with Gasteiger partial charge in [-0.1, -0.05) is 0 Å². The fraction of sp³-hybridized carbons (Fsp3) is 0.286. The van der Waals surface area contributed by atoms with Gasteiger partial charge >= 0.3 is 6.18 Å². The van der Waals surface area contributed by atoms with Gasteiger partial charge in [0, 0.05) is 11.8 Å². The summed E-state index contributed by atoms with van der Waals surface area (Å²) in [5.74, 6) is 0.0805. The summed E-state index contributed by atoms with van der Waals surface area (Å²) >= 11 is 0. The number of halogens is 3. The van der Waals surface area contributed by atoms with Crippen molar-refractivity contribution in [1.29, 1.82) is 0 Å². The minimum absolute atomic E-state index is 0.0397. The molecule has 0 radical (unpaired) electrons. The third-order valence-electron chi connectivity index (χ3n) is 4.07. The third-order valence-corrected chi connectivity index (χ3v) is 4.07. The van der Waals surface area contributed by atoms with Gasteiger partial charge < -0.3 is 23.9 Å². The molecular weight excluding hydrogens is 431 g/mol. The quantitative estimate of drug-likeness (QED) is 0.525. The molecule has 1 N–H and O–H groups in total. The Labute approximate surface area is 181 Å². The van der Waals surface area contributed by atoms with Crippen molar-refractivity contribution in [3.63, 3.8) is 0 Å². The Balaban J connectivity index is 1.70. The second kappa shape index (κ2) is 10.0. The molecule has 0 aliphatic carbocycles. The number of pyridine rings is 1. The zero-order valence-corrected chi connectivity index (χ0v) is 17.2. The second-order valence-corrected chi connectivity index (χ2v) is 6.38. The van der Waals surface area contributed by atoms with E-state index >= 15 is 0 Å². The molecule has 0 unspecified atom stereocenters. The van der Waals surface area contributed by atoms with E-state index in [0.29, 0.717) is 23.6 Å². The van der Waals surface area contributed by atoms with Gasteiger partial charge in [-0.05, 0) is 37.3 Å². The van der Waals surface area contributed by atoms with Crippen LogP contribution in [-0.4, -0.2) is 42.4 Å². The molecule has 3 rings (SSSR count). The Morgan fingerprint density at radius 1 is 1.16 bits per heavy atom. The maximum absolute atomic E-state index is 12.5. The van der Waals surface area contributed by atoms with Gasteiger partial charge in [-0.3, -0.25) is 4.79 Å². The summed E-state index contributed by atoms with van der Waals surface area (Å²) in [5, 5.41) is 2.67. The van der Waals surface area contributed by atoms with Crippen molar-refractivity contribution in [3.8, 4) is 28.7 Å². The maximum atomic E-state index is 12.5. The molecule has 0 saturated carbocycles. The van der Waals surface area contributed by atoms with Gasteiger partial charge in [0.15, 0.2) is 29.5 Å². The van der Waals surface area contributed by atoms with Crippen molar-refractivity contribution >= 4 is 5.91 Å². The SMILES string of the molecule is CCOc1cccnc1C(=O)NCc1coc(-c2ccc(OC)c(OCC(F)(F)F)c2)n1. The first-order valence-corrected chi connectivity index (χ1v) is 9.49. The van der Waals surface area contributed by atoms with Crippen LogP contribution in [0.2, 0.25) is 0 Å². The van der Waals surface area contributed by atoms with E-state index in [1.54, 1.807) is 25.1 Å². The summed E-state index contributed by atoms with van der Waals surface area (Å²) < 4.78 is 58.2. The summed E-state index contributed by atoms with van der Waals surface area (Å²) in [6.07, 6.45) is -1.68. The number of nitrogens with zero attached hydrogens (tertiary/aromatic N) is 2. The number of hydrogen-bond donors (Lipinski definition) is 1. The summed E-state index contributed by atoms with van der Waals surface area (Å²) in [7, 11) is 1.32. The van der Waals surface area contributed by atoms with Gasteiger partial charge in [0.25, 0.3) is 5.91 Å². The summed E-state index contributed by atoms with van der Waals surface area (Å²) in [4.78, 5) is 20.7. The largest absolute Gasteiger partial charge is 0.493 e. The van der Waals surface area contributed by atoms with Gasteiger partial charge in [-0.2, -0.15) is 13.2 Å². The highest BCUT2D eigenvalue weighted by molar-refractivity contribution is 5.94. The van der Waals surface area contributed by atoms with Gasteiger partial charge in [0.1, 0.15) is 6.26 Å². The van der Waals surface area contributed by atoms with Gasteiger partial charge in [-0.25, -0.2) is 9.97 Å². The van der Waals surface area contributed by atoms with Crippen molar-refractivity contribution in [3.05, 3.63) is 54.2 Å². The van der Waals surface area contributed by atoms with E-state index in [1.807, 2.05) is 0 Å². The zero-order chi connectivity index (χ0) is 23.1. The van der Waals surface area contributed by atoms with Crippen LogP contribution in [0, 0.1) is 0 Å². The van der Waals surface area contributed by atoms with Gasteiger partial charge in [0.2, 0.25) is 5.89 Å². The fourth-order valence-electron chi connectivity index (χ4n) is 2.69. The fourth-order valence-corrected chi connectivity index (χ4v) is 2.69. The minimum atomic E-state index is -4.50. The van der Waals surface area contributed by atoms with Crippen LogP contribution in [0.1, 0.15) is 23.1 Å². The highest BCUT2D eigenvalue weighted by Crippen LogP contribution is 2.33. The van der Waals surface area contributed by atoms with Crippen molar-refractivity contribution < 1.29 is 36.6 Å². The molecule has 1 amide bonds. The number of oxazole rings is 1. The van der Waals surface area contributed by atoms with E-state index < -0.39 is 18.7 Å². The molecule has 170 valence electrons. The molecular formula is C21H20F3N3O5. The van der Waals surface area contributed by atoms with Crippen LogP contribution in [0.15, 0.2) is 47.2 Å². The second-order valence-electron chi connectivity index (χ2n) is 6.38. The van der Waals surface area contributed by atoms with Crippen LogP contribution in [0.4, 0.5) is 13.2 Å². The number of methoxy groups -OCH3 is 1. The predicted octanol–water partition coefficient (Wildman–Crippen LogP) is 4.02. The predicted molar refractivity (Wildman–Crippen MR) is 107 cm³/mol. The smallest absolute Gasteiger partial charge is 0.422 e. The van der Waals surface area contributed by atoms with Gasteiger partial charge in [0.05, 0.1) is 26.0 Å². The average Bonchev–Trinajstić information content (AvgIpc) is 3.25. The zero-order valence-electron chi connectivity index (χ0n) is 17.2. The number of alkyl halides is 3. The van der Waals surface area contributed by atoms with Crippen LogP contribution in [-0.2, 0) is 6.54 Å². The van der Waals surface area contributed by atoms with Crippen molar-refractivity contribution in [1.82, 2.24) is 15.3 Å². The highest BCUT2D eigenvalue weighted by atomic mass is 19.4. The lowest BCUT2D eigenvalue weighted by atomic mass is 10.2. The molecule has 8 nitrogen and oxygen atoms in total. The molecule has 32 heavy (non-hydrogen) atoms. The van der Waals surface area contributed by atoms with Crippen molar-refractivity contribution in [2.75, 3.05) is 20.3 Å². The molecule has 0 spiro atoms. The standard InChI is InChI=1S/C21H20F3N3O5/c1-3-30-16-5-4-8-25-18(16)19(28)26-10-14-11-31-20(27-14)13-6-7-15(29-2)17(9-13)32-12-21(22,23)24/h4-9,11H,3,10,12H2,1-2H3,(H,26,28). The lowest BCUT2D eigenvalue weighted by molar-refractivity contribution is -0.153. The molecule has 0 aliphatic heterocycles. The maximum Gasteiger partial charge on any atom is 0.422 e. The third kappa shape index (κ3) is 5.90. The number of aromatic nitrogens is 2. The molecule has 0 bridgehead atoms. The first-order valence-electron chi connectivity index (χ1n) is 9.49. The summed E-state index contributed by atoms with van der Waals surface area (Å²) in [6.45, 7) is 0.754. The first-order chi connectivity index (χ1) is 15.3. The molecule has 0 saturated heterocycles. The monoisotopic (exact) mass is 451 g/mol. The lowest BCUT2D eigenvalue weighted by Crippen LogP contribution is -2.24. The van der Waals surface area contributed by atoms with Crippen LogP contribution >= 0.6 is 0 Å². The number of rotatable bonds is 9. The van der Waals surface area contributed by atoms with E-state index in [-0.39, 0.29) is 29.6 Å². The minimum Gasteiger partial charge on any atom is -0.493 e. The number of benzene rings is 1. The first kappa shape index (κ1) is 22.9. The Morgan fingerprint density at radius 3 is 2.69 bits per heavy atom. The van der Waals surface area contributed by atoms with Crippen LogP contribution in [0.3, 0.4) is 0 Å². The number of carbonyl (C=O) groups is 1. The Hall–Kier alpha value is -3.76. The number of amides is 1. The molecule has 2 aromatic heterocycles. The van der Waals surface area contributed by atoms with E-state index in [9.17, 15) is 18.0 Å². The molecule has 0 fully saturated rings. The lowest BCUT2D eigenvalue weighted by Gasteiger charge is -2.13.